The lowest BCUT2D eigenvalue weighted by Gasteiger charge is -2.25. The van der Waals surface area contributed by atoms with Crippen molar-refractivity contribution in [2.75, 3.05) is 34.8 Å². The number of hydrogen-bond donors (Lipinski definition) is 1. The topological polar surface area (TPSA) is 80.1 Å². The minimum Gasteiger partial charge on any atom is -0.346 e. The second kappa shape index (κ2) is 7.87. The summed E-state index contributed by atoms with van der Waals surface area (Å²) in [5.74, 6) is 1.78. The predicted molar refractivity (Wildman–Crippen MR) is 111 cm³/mol. The zero-order valence-electron chi connectivity index (χ0n) is 14.2. The highest BCUT2D eigenvalue weighted by molar-refractivity contribution is 7.99. The van der Waals surface area contributed by atoms with Crippen LogP contribution in [0.5, 0.6) is 0 Å². The Bertz CT molecular complexity index is 1050. The van der Waals surface area contributed by atoms with Crippen molar-refractivity contribution in [3.63, 3.8) is 0 Å². The lowest BCUT2D eigenvalue weighted by molar-refractivity contribution is -0.116. The van der Waals surface area contributed by atoms with E-state index in [0.29, 0.717) is 21.1 Å². The van der Waals surface area contributed by atoms with Crippen LogP contribution in [0.25, 0.3) is 10.3 Å². The minimum atomic E-state index is -0.321. The molecule has 4 rings (SSSR count). The number of halogens is 1. The van der Waals surface area contributed by atoms with Gasteiger partial charge in [-0.15, -0.1) is 0 Å². The summed E-state index contributed by atoms with van der Waals surface area (Å²) in [6, 6.07) is 6.86. The van der Waals surface area contributed by atoms with Crippen molar-refractivity contribution in [3.8, 4) is 0 Å². The van der Waals surface area contributed by atoms with Crippen LogP contribution in [-0.4, -0.2) is 45.0 Å². The van der Waals surface area contributed by atoms with E-state index in [2.05, 4.69) is 20.2 Å². The molecule has 1 saturated heterocycles. The monoisotopic (exact) mass is 421 g/mol. The number of hydrogen-bond acceptors (Lipinski definition) is 7. The Morgan fingerprint density at radius 3 is 2.89 bits per heavy atom. The summed E-state index contributed by atoms with van der Waals surface area (Å²) in [6.45, 7) is 1.71. The first-order valence-electron chi connectivity index (χ1n) is 8.34. The molecule has 27 heavy (non-hydrogen) atoms. The van der Waals surface area contributed by atoms with Crippen molar-refractivity contribution in [3.05, 3.63) is 46.0 Å². The third-order valence-electron chi connectivity index (χ3n) is 4.08. The number of carbonyl (C=O) groups excluding carboxylic acids is 1. The summed E-state index contributed by atoms with van der Waals surface area (Å²) in [6.07, 6.45) is 1.37. The first kappa shape index (κ1) is 18.3. The number of benzene rings is 1. The van der Waals surface area contributed by atoms with Gasteiger partial charge in [0.15, 0.2) is 10.8 Å². The third-order valence-corrected chi connectivity index (χ3v) is 6.35. The maximum absolute atomic E-state index is 12.7. The molecule has 0 aliphatic carbocycles. The molecule has 0 spiro atoms. The van der Waals surface area contributed by atoms with Gasteiger partial charge in [0.1, 0.15) is 17.6 Å². The van der Waals surface area contributed by atoms with E-state index in [9.17, 15) is 9.59 Å². The Morgan fingerprint density at radius 2 is 2.11 bits per heavy atom. The summed E-state index contributed by atoms with van der Waals surface area (Å²) in [5.41, 5.74) is 0.763. The average Bonchev–Trinajstić information content (AvgIpc) is 3.10. The Hall–Kier alpha value is -2.10. The fourth-order valence-electron chi connectivity index (χ4n) is 2.76. The molecule has 1 aromatic carbocycles. The summed E-state index contributed by atoms with van der Waals surface area (Å²) < 4.78 is 1.78. The van der Waals surface area contributed by atoms with Crippen LogP contribution in [0.1, 0.15) is 0 Å². The molecule has 1 fully saturated rings. The predicted octanol–water partition coefficient (Wildman–Crippen LogP) is 2.70. The number of nitrogens with zero attached hydrogens (tertiary/aromatic N) is 4. The number of thioether (sulfide) groups is 1. The van der Waals surface area contributed by atoms with Crippen molar-refractivity contribution in [1.82, 2.24) is 14.5 Å². The van der Waals surface area contributed by atoms with Gasteiger partial charge in [0.05, 0.1) is 0 Å². The molecule has 7 nitrogen and oxygen atoms in total. The molecule has 0 bridgehead atoms. The van der Waals surface area contributed by atoms with Crippen LogP contribution in [0.2, 0.25) is 5.02 Å². The first-order valence-corrected chi connectivity index (χ1v) is 10.7. The van der Waals surface area contributed by atoms with Gasteiger partial charge in [-0.25, -0.2) is 4.98 Å². The Morgan fingerprint density at radius 1 is 1.30 bits per heavy atom. The van der Waals surface area contributed by atoms with Crippen LogP contribution in [0, 0.1) is 0 Å². The number of nitrogens with one attached hydrogen (secondary N) is 1. The van der Waals surface area contributed by atoms with Crippen molar-refractivity contribution in [1.29, 1.82) is 0 Å². The molecule has 10 heteroatoms. The Balaban J connectivity index is 1.54. The Kier molecular flexibility index (Phi) is 5.33. The minimum absolute atomic E-state index is 0.123. The van der Waals surface area contributed by atoms with Gasteiger partial charge in [0, 0.05) is 35.3 Å². The van der Waals surface area contributed by atoms with Gasteiger partial charge in [0.2, 0.25) is 5.91 Å². The number of anilines is 2. The van der Waals surface area contributed by atoms with Crippen LogP contribution >= 0.6 is 34.7 Å². The SMILES string of the molecule is O=C(Cn1cnc2nc(N3CCSCC3)sc2c1=O)Nc1cccc(Cl)c1. The van der Waals surface area contributed by atoms with Crippen molar-refractivity contribution in [2.24, 2.45) is 0 Å². The summed E-state index contributed by atoms with van der Waals surface area (Å²) >= 11 is 9.17. The number of aromatic nitrogens is 3. The van der Waals surface area contributed by atoms with Gasteiger partial charge in [-0.2, -0.15) is 16.7 Å². The van der Waals surface area contributed by atoms with E-state index in [-0.39, 0.29) is 18.0 Å². The van der Waals surface area contributed by atoms with Gasteiger partial charge >= 0.3 is 0 Å². The van der Waals surface area contributed by atoms with Gasteiger partial charge in [-0.3, -0.25) is 14.2 Å². The lowest BCUT2D eigenvalue weighted by Crippen LogP contribution is -2.32. The zero-order chi connectivity index (χ0) is 18.8. The van der Waals surface area contributed by atoms with Crippen LogP contribution in [0.3, 0.4) is 0 Å². The summed E-state index contributed by atoms with van der Waals surface area (Å²) in [5, 5.41) is 4.07. The van der Waals surface area contributed by atoms with E-state index in [0.717, 1.165) is 29.7 Å². The largest absolute Gasteiger partial charge is 0.346 e. The molecular weight excluding hydrogens is 406 g/mol. The number of carbonyl (C=O) groups is 1. The normalized spacial score (nSPS) is 14.5. The maximum Gasteiger partial charge on any atom is 0.273 e. The summed E-state index contributed by atoms with van der Waals surface area (Å²) in [7, 11) is 0. The van der Waals surface area contributed by atoms with E-state index in [1.54, 1.807) is 24.3 Å². The lowest BCUT2D eigenvalue weighted by atomic mass is 10.3. The fourth-order valence-corrected chi connectivity index (χ4v) is 4.87. The maximum atomic E-state index is 12.7. The number of rotatable bonds is 4. The quantitative estimate of drug-likeness (QED) is 0.697. The smallest absolute Gasteiger partial charge is 0.273 e. The van der Waals surface area contributed by atoms with Crippen LogP contribution in [0.15, 0.2) is 35.4 Å². The number of amides is 1. The van der Waals surface area contributed by atoms with Crippen molar-refractivity contribution in [2.45, 2.75) is 6.54 Å². The molecular formula is C17H16ClN5O2S2. The molecule has 0 unspecified atom stereocenters. The van der Waals surface area contributed by atoms with E-state index in [1.807, 2.05) is 11.8 Å². The molecule has 3 heterocycles. The molecule has 0 saturated carbocycles. The molecule has 1 N–H and O–H groups in total. The highest BCUT2D eigenvalue weighted by Gasteiger charge is 2.18. The number of thiazole rings is 1. The molecule has 0 radical (unpaired) electrons. The fraction of sp³-hybridized carbons (Fsp3) is 0.294. The zero-order valence-corrected chi connectivity index (χ0v) is 16.6. The third kappa shape index (κ3) is 4.10. The van der Waals surface area contributed by atoms with Crippen LogP contribution < -0.4 is 15.8 Å². The first-order chi connectivity index (χ1) is 13.1. The molecule has 1 aliphatic rings. The molecule has 2 aromatic heterocycles. The van der Waals surface area contributed by atoms with Crippen molar-refractivity contribution < 1.29 is 4.79 Å². The van der Waals surface area contributed by atoms with Gasteiger partial charge in [-0.1, -0.05) is 29.0 Å². The highest BCUT2D eigenvalue weighted by atomic mass is 35.5. The van der Waals surface area contributed by atoms with Crippen LogP contribution in [-0.2, 0) is 11.3 Å². The van der Waals surface area contributed by atoms with Gasteiger partial charge in [0.25, 0.3) is 5.56 Å². The average molecular weight is 422 g/mol. The molecule has 140 valence electrons. The van der Waals surface area contributed by atoms with Gasteiger partial charge < -0.3 is 10.2 Å². The molecule has 1 amide bonds. The van der Waals surface area contributed by atoms with E-state index < -0.39 is 0 Å². The molecule has 0 atom stereocenters. The van der Waals surface area contributed by atoms with E-state index in [4.69, 9.17) is 11.6 Å². The molecule has 1 aliphatic heterocycles. The Labute approximate surface area is 168 Å². The van der Waals surface area contributed by atoms with Gasteiger partial charge in [-0.05, 0) is 18.2 Å². The second-order valence-corrected chi connectivity index (χ2v) is 8.62. The van der Waals surface area contributed by atoms with E-state index in [1.165, 1.54) is 22.2 Å². The summed E-state index contributed by atoms with van der Waals surface area (Å²) in [4.78, 5) is 35.9. The van der Waals surface area contributed by atoms with Crippen LogP contribution in [0.4, 0.5) is 10.8 Å². The van der Waals surface area contributed by atoms with Crippen molar-refractivity contribution >= 4 is 61.8 Å². The molecule has 3 aromatic rings. The standard InChI is InChI=1S/C17H16ClN5O2S2/c18-11-2-1-3-12(8-11)20-13(24)9-23-10-19-15-14(16(23)25)27-17(21-15)22-4-6-26-7-5-22/h1-3,8,10H,4-7,9H2,(H,20,24). The van der Waals surface area contributed by atoms with E-state index >= 15 is 0 Å². The second-order valence-electron chi connectivity index (χ2n) is 5.98. The number of fused-ring (bicyclic) bond motifs is 1. The highest BCUT2D eigenvalue weighted by Crippen LogP contribution is 2.27.